The lowest BCUT2D eigenvalue weighted by atomic mass is 10.0. The van der Waals surface area contributed by atoms with Crippen LogP contribution in [0, 0.1) is 20.8 Å². The quantitative estimate of drug-likeness (QED) is 0.165. The van der Waals surface area contributed by atoms with Crippen LogP contribution >= 0.6 is 0 Å². The molecule has 7 nitrogen and oxygen atoms in total. The Bertz CT molecular complexity index is 1670. The van der Waals surface area contributed by atoms with Gasteiger partial charge in [-0.1, -0.05) is 109 Å². The van der Waals surface area contributed by atoms with Crippen molar-refractivity contribution in [3.63, 3.8) is 0 Å². The highest BCUT2D eigenvalue weighted by Crippen LogP contribution is 2.28. The van der Waals surface area contributed by atoms with Crippen LogP contribution in [0.1, 0.15) is 47.6 Å². The lowest BCUT2D eigenvalue weighted by Crippen LogP contribution is -2.53. The maximum absolute atomic E-state index is 14.5. The molecule has 0 aliphatic heterocycles. The molecule has 2 amide bonds. The number of amides is 2. The minimum Gasteiger partial charge on any atom is -0.354 e. The molecule has 0 fully saturated rings. The Hall–Kier alpha value is -4.43. The molecule has 0 bridgehead atoms. The summed E-state index contributed by atoms with van der Waals surface area (Å²) < 4.78 is 29.6. The first-order chi connectivity index (χ1) is 21.6. The Kier molecular flexibility index (Phi) is 11.5. The van der Waals surface area contributed by atoms with E-state index in [1.165, 1.54) is 9.21 Å². The number of rotatable bonds is 14. The lowest BCUT2D eigenvalue weighted by Gasteiger charge is -2.34. The summed E-state index contributed by atoms with van der Waals surface area (Å²) in [4.78, 5) is 30.0. The van der Waals surface area contributed by atoms with Crippen LogP contribution in [0.15, 0.2) is 108 Å². The Balaban J connectivity index is 1.79. The summed E-state index contributed by atoms with van der Waals surface area (Å²) in [5.74, 6) is -0.738. The van der Waals surface area contributed by atoms with E-state index in [2.05, 4.69) is 12.2 Å². The molecular weight excluding hydrogens is 582 g/mol. The van der Waals surface area contributed by atoms with Crippen molar-refractivity contribution in [3.05, 3.63) is 131 Å². The van der Waals surface area contributed by atoms with Crippen LogP contribution in [0.25, 0.3) is 0 Å². The topological polar surface area (TPSA) is 86.8 Å². The first-order valence-electron chi connectivity index (χ1n) is 15.4. The van der Waals surface area contributed by atoms with Gasteiger partial charge in [0.05, 0.1) is 10.6 Å². The van der Waals surface area contributed by atoms with Crippen LogP contribution in [0.4, 0.5) is 5.69 Å². The maximum Gasteiger partial charge on any atom is 0.264 e. The summed E-state index contributed by atoms with van der Waals surface area (Å²) in [6, 6.07) is 30.2. The van der Waals surface area contributed by atoms with Crippen molar-refractivity contribution >= 4 is 27.5 Å². The first-order valence-corrected chi connectivity index (χ1v) is 16.9. The molecule has 0 radical (unpaired) electrons. The molecule has 0 heterocycles. The van der Waals surface area contributed by atoms with Crippen molar-refractivity contribution < 1.29 is 18.0 Å². The summed E-state index contributed by atoms with van der Waals surface area (Å²) in [5.41, 5.74) is 4.87. The molecule has 0 spiro atoms. The zero-order chi connectivity index (χ0) is 32.4. The number of carbonyl (C=O) groups is 2. The van der Waals surface area contributed by atoms with Gasteiger partial charge in [0, 0.05) is 19.5 Å². The van der Waals surface area contributed by atoms with Crippen LogP contribution in [0.3, 0.4) is 0 Å². The fourth-order valence-electron chi connectivity index (χ4n) is 5.14. The summed E-state index contributed by atoms with van der Waals surface area (Å²) in [7, 11) is -4.14. The van der Waals surface area contributed by atoms with Gasteiger partial charge in [-0.05, 0) is 62.1 Å². The number of nitrogens with zero attached hydrogens (tertiary/aromatic N) is 2. The second-order valence-corrected chi connectivity index (χ2v) is 13.3. The zero-order valence-electron chi connectivity index (χ0n) is 26.6. The van der Waals surface area contributed by atoms with Gasteiger partial charge in [-0.2, -0.15) is 0 Å². The fraction of sp³-hybridized carbons (Fsp3) is 0.297. The fourth-order valence-corrected chi connectivity index (χ4v) is 6.62. The summed E-state index contributed by atoms with van der Waals surface area (Å²) in [6.45, 7) is 7.91. The van der Waals surface area contributed by atoms with E-state index in [9.17, 15) is 18.0 Å². The summed E-state index contributed by atoms with van der Waals surface area (Å²) >= 11 is 0. The monoisotopic (exact) mass is 625 g/mol. The lowest BCUT2D eigenvalue weighted by molar-refractivity contribution is -0.140. The summed E-state index contributed by atoms with van der Waals surface area (Å²) in [5, 5.41) is 3.02. The Morgan fingerprint density at radius 3 is 1.98 bits per heavy atom. The molecule has 8 heteroatoms. The number of aryl methyl sites for hydroxylation is 3. The van der Waals surface area contributed by atoms with Gasteiger partial charge in [-0.15, -0.1) is 0 Å². The van der Waals surface area contributed by atoms with Crippen molar-refractivity contribution in [2.24, 2.45) is 0 Å². The minimum absolute atomic E-state index is 0.0902. The van der Waals surface area contributed by atoms with Crippen LogP contribution in [0.5, 0.6) is 0 Å². The Labute approximate surface area is 268 Å². The van der Waals surface area contributed by atoms with E-state index in [1.54, 1.807) is 36.4 Å². The number of benzene rings is 4. The minimum atomic E-state index is -4.14. The molecule has 4 aromatic carbocycles. The van der Waals surface area contributed by atoms with Crippen molar-refractivity contribution in [1.82, 2.24) is 10.2 Å². The van der Waals surface area contributed by atoms with Crippen molar-refractivity contribution in [3.8, 4) is 0 Å². The zero-order valence-corrected chi connectivity index (χ0v) is 27.4. The van der Waals surface area contributed by atoms with Gasteiger partial charge < -0.3 is 10.2 Å². The number of hydrogen-bond donors (Lipinski definition) is 1. The van der Waals surface area contributed by atoms with Gasteiger partial charge in [-0.25, -0.2) is 8.42 Å². The number of hydrogen-bond acceptors (Lipinski definition) is 4. The van der Waals surface area contributed by atoms with Gasteiger partial charge in [0.15, 0.2) is 0 Å². The van der Waals surface area contributed by atoms with Crippen molar-refractivity contribution in [1.29, 1.82) is 0 Å². The highest BCUT2D eigenvalue weighted by atomic mass is 32.2. The molecule has 236 valence electrons. The van der Waals surface area contributed by atoms with Crippen molar-refractivity contribution in [2.45, 2.75) is 64.4 Å². The van der Waals surface area contributed by atoms with Crippen LogP contribution in [-0.2, 0) is 32.6 Å². The molecule has 1 N–H and O–H groups in total. The molecule has 0 aromatic heterocycles. The van der Waals surface area contributed by atoms with Crippen LogP contribution in [-0.4, -0.2) is 44.3 Å². The normalized spacial score (nSPS) is 11.9. The molecule has 4 rings (SSSR count). The van der Waals surface area contributed by atoms with Crippen molar-refractivity contribution in [2.75, 3.05) is 17.4 Å². The molecule has 4 aromatic rings. The Morgan fingerprint density at radius 2 is 1.36 bits per heavy atom. The van der Waals surface area contributed by atoms with E-state index >= 15 is 0 Å². The summed E-state index contributed by atoms with van der Waals surface area (Å²) in [6.07, 6.45) is 2.01. The second-order valence-electron chi connectivity index (χ2n) is 11.5. The third kappa shape index (κ3) is 8.82. The van der Waals surface area contributed by atoms with Gasteiger partial charge >= 0.3 is 0 Å². The predicted molar refractivity (Wildman–Crippen MR) is 180 cm³/mol. The molecule has 1 atom stereocenters. The van der Waals surface area contributed by atoms with E-state index in [1.807, 2.05) is 87.5 Å². The van der Waals surface area contributed by atoms with Gasteiger partial charge in [0.25, 0.3) is 10.0 Å². The van der Waals surface area contributed by atoms with Gasteiger partial charge in [0.2, 0.25) is 11.8 Å². The second kappa shape index (κ2) is 15.5. The molecule has 0 saturated carbocycles. The van der Waals surface area contributed by atoms with E-state index in [0.717, 1.165) is 35.1 Å². The number of carbonyl (C=O) groups excluding carboxylic acids is 2. The molecule has 1 unspecified atom stereocenters. The van der Waals surface area contributed by atoms with Gasteiger partial charge in [0.1, 0.15) is 12.6 Å². The highest BCUT2D eigenvalue weighted by molar-refractivity contribution is 7.92. The van der Waals surface area contributed by atoms with E-state index in [0.29, 0.717) is 17.8 Å². The third-order valence-corrected chi connectivity index (χ3v) is 9.62. The van der Waals surface area contributed by atoms with E-state index in [-0.39, 0.29) is 23.8 Å². The van der Waals surface area contributed by atoms with Gasteiger partial charge in [-0.3, -0.25) is 13.9 Å². The largest absolute Gasteiger partial charge is 0.354 e. The molecule has 45 heavy (non-hydrogen) atoms. The number of nitrogens with one attached hydrogen (secondary N) is 1. The maximum atomic E-state index is 14.5. The van der Waals surface area contributed by atoms with Crippen LogP contribution < -0.4 is 9.62 Å². The highest BCUT2D eigenvalue weighted by Gasteiger charge is 2.35. The SMILES string of the molecule is CCCCNC(=O)C(Cc1ccccc1)N(Cc1ccc(C)cc1)C(=O)CN(c1ccccc1C)S(=O)(=O)c1ccc(C)cc1. The number of para-hydroxylation sites is 1. The van der Waals surface area contributed by atoms with E-state index < -0.39 is 28.5 Å². The predicted octanol–water partition coefficient (Wildman–Crippen LogP) is 6.36. The van der Waals surface area contributed by atoms with E-state index in [4.69, 9.17) is 0 Å². The number of unbranched alkanes of at least 4 members (excludes halogenated alkanes) is 1. The average molecular weight is 626 g/mol. The first kappa shape index (κ1) is 33.5. The number of sulfonamides is 1. The average Bonchev–Trinajstić information content (AvgIpc) is 3.03. The Morgan fingerprint density at radius 1 is 0.756 bits per heavy atom. The third-order valence-electron chi connectivity index (χ3n) is 7.85. The van der Waals surface area contributed by atoms with Crippen LogP contribution in [0.2, 0.25) is 0 Å². The molecule has 0 aliphatic rings. The molecular formula is C37H43N3O4S. The molecule has 0 saturated heterocycles. The number of anilines is 1. The standard InChI is InChI=1S/C37H43N3O4S/c1-5-6-24-38-37(42)35(25-31-13-8-7-9-14-31)39(26-32-20-16-28(2)17-21-32)36(41)27-40(34-15-11-10-12-30(34)4)45(43,44)33-22-18-29(3)19-23-33/h7-23,35H,5-6,24-27H2,1-4H3,(H,38,42). The smallest absolute Gasteiger partial charge is 0.264 e. The molecule has 0 aliphatic carbocycles.